The molecule has 0 atom stereocenters. The molecule has 0 aliphatic carbocycles. The lowest BCUT2D eigenvalue weighted by Crippen LogP contribution is -1.93. The fourth-order valence-electron chi connectivity index (χ4n) is 3.97. The van der Waals surface area contributed by atoms with Gasteiger partial charge in [0.25, 0.3) is 0 Å². The van der Waals surface area contributed by atoms with E-state index >= 15 is 0 Å². The van der Waals surface area contributed by atoms with Crippen molar-refractivity contribution in [2.45, 2.75) is 78.1 Å². The van der Waals surface area contributed by atoms with E-state index in [4.69, 9.17) is 4.98 Å². The van der Waals surface area contributed by atoms with Crippen molar-refractivity contribution in [3.63, 3.8) is 0 Å². The molecule has 1 heterocycles. The molecule has 3 aromatic rings. The second kappa shape index (κ2) is 12.3. The van der Waals surface area contributed by atoms with E-state index in [-0.39, 0.29) is 0 Å². The molecule has 0 aliphatic rings. The second-order valence-corrected chi connectivity index (χ2v) is 8.48. The molecule has 1 aromatic heterocycles. The zero-order valence-electron chi connectivity index (χ0n) is 18.9. The number of aromatic nitrogens is 1. The molecule has 0 bridgehead atoms. The Kier molecular flexibility index (Phi) is 9.15. The van der Waals surface area contributed by atoms with Gasteiger partial charge in [0.2, 0.25) is 0 Å². The molecular formula is C29H37N. The van der Waals surface area contributed by atoms with E-state index in [9.17, 15) is 0 Å². The van der Waals surface area contributed by atoms with Gasteiger partial charge in [0.1, 0.15) is 0 Å². The van der Waals surface area contributed by atoms with Crippen molar-refractivity contribution in [1.29, 1.82) is 0 Å². The van der Waals surface area contributed by atoms with Crippen LogP contribution < -0.4 is 0 Å². The Morgan fingerprint density at radius 3 is 1.63 bits per heavy atom. The molecule has 30 heavy (non-hydrogen) atoms. The average molecular weight is 400 g/mol. The zero-order valence-corrected chi connectivity index (χ0v) is 18.9. The largest absolute Gasteiger partial charge is 0.256 e. The Morgan fingerprint density at radius 2 is 1.07 bits per heavy atom. The molecule has 0 amide bonds. The molecule has 3 rings (SSSR count). The second-order valence-electron chi connectivity index (χ2n) is 8.48. The molecule has 1 heteroatoms. The smallest absolute Gasteiger partial charge is 0.0702 e. The van der Waals surface area contributed by atoms with Crippen molar-refractivity contribution in [3.05, 3.63) is 89.1 Å². The highest BCUT2D eigenvalue weighted by Gasteiger charge is 2.02. The van der Waals surface area contributed by atoms with Gasteiger partial charge in [-0.05, 0) is 60.4 Å². The van der Waals surface area contributed by atoms with Crippen molar-refractivity contribution in [1.82, 2.24) is 4.98 Å². The lowest BCUT2D eigenvalue weighted by molar-refractivity contribution is 0.632. The molecule has 0 saturated carbocycles. The highest BCUT2D eigenvalue weighted by Crippen LogP contribution is 2.20. The van der Waals surface area contributed by atoms with E-state index in [2.05, 4.69) is 80.7 Å². The summed E-state index contributed by atoms with van der Waals surface area (Å²) >= 11 is 0. The summed E-state index contributed by atoms with van der Waals surface area (Å²) < 4.78 is 0. The van der Waals surface area contributed by atoms with Crippen LogP contribution >= 0.6 is 0 Å². The van der Waals surface area contributed by atoms with Crippen LogP contribution in [0.15, 0.2) is 66.9 Å². The minimum absolute atomic E-state index is 1.07. The number of benzene rings is 2. The number of aryl methyl sites for hydroxylation is 4. The summed E-state index contributed by atoms with van der Waals surface area (Å²) in [5, 5.41) is 0. The van der Waals surface area contributed by atoms with E-state index in [0.717, 1.165) is 25.0 Å². The van der Waals surface area contributed by atoms with Gasteiger partial charge in [0.15, 0.2) is 0 Å². The highest BCUT2D eigenvalue weighted by molar-refractivity contribution is 5.59. The van der Waals surface area contributed by atoms with Crippen LogP contribution in [0.4, 0.5) is 0 Å². The topological polar surface area (TPSA) is 12.9 Å². The zero-order chi connectivity index (χ0) is 21.0. The van der Waals surface area contributed by atoms with Crippen molar-refractivity contribution in [2.24, 2.45) is 0 Å². The predicted octanol–water partition coefficient (Wildman–Crippen LogP) is 8.00. The number of unbranched alkanes of at least 4 members (excludes halogenated alkanes) is 4. The van der Waals surface area contributed by atoms with Gasteiger partial charge < -0.3 is 0 Å². The fraction of sp³-hybridized carbons (Fsp3) is 0.414. The maximum absolute atomic E-state index is 4.71. The van der Waals surface area contributed by atoms with Gasteiger partial charge in [0, 0.05) is 11.8 Å². The van der Waals surface area contributed by atoms with Crippen LogP contribution in [-0.4, -0.2) is 4.98 Å². The van der Waals surface area contributed by atoms with Gasteiger partial charge in [-0.3, -0.25) is 4.98 Å². The van der Waals surface area contributed by atoms with E-state index in [0.29, 0.717) is 0 Å². The fourth-order valence-corrected chi connectivity index (χ4v) is 3.97. The summed E-state index contributed by atoms with van der Waals surface area (Å²) in [4.78, 5) is 4.71. The first-order chi connectivity index (χ1) is 14.8. The molecule has 158 valence electrons. The average Bonchev–Trinajstić information content (AvgIpc) is 2.79. The highest BCUT2D eigenvalue weighted by atomic mass is 14.7. The number of rotatable bonds is 12. The summed E-state index contributed by atoms with van der Waals surface area (Å²) in [6.45, 7) is 4.50. The molecule has 0 N–H and O–H groups in total. The predicted molar refractivity (Wildman–Crippen MR) is 130 cm³/mol. The number of pyridine rings is 1. The van der Waals surface area contributed by atoms with Gasteiger partial charge in [-0.2, -0.15) is 0 Å². The minimum Gasteiger partial charge on any atom is -0.256 e. The molecular weight excluding hydrogens is 362 g/mol. The van der Waals surface area contributed by atoms with Gasteiger partial charge in [-0.25, -0.2) is 0 Å². The molecule has 0 saturated heterocycles. The number of hydrogen-bond acceptors (Lipinski definition) is 1. The minimum atomic E-state index is 1.07. The quantitative estimate of drug-likeness (QED) is 0.281. The van der Waals surface area contributed by atoms with Gasteiger partial charge in [-0.15, -0.1) is 0 Å². The lowest BCUT2D eigenvalue weighted by Gasteiger charge is -2.07. The van der Waals surface area contributed by atoms with Crippen LogP contribution in [0.1, 0.15) is 74.6 Å². The van der Waals surface area contributed by atoms with E-state index in [1.54, 1.807) is 0 Å². The normalized spacial score (nSPS) is 11.0. The Balaban J connectivity index is 1.48. The summed E-state index contributed by atoms with van der Waals surface area (Å²) in [5.41, 5.74) is 7.89. The molecule has 0 unspecified atom stereocenters. The third-order valence-corrected chi connectivity index (χ3v) is 5.91. The third-order valence-electron chi connectivity index (χ3n) is 5.91. The molecule has 0 radical (unpaired) electrons. The maximum atomic E-state index is 4.71. The first-order valence-electron chi connectivity index (χ1n) is 11.9. The monoisotopic (exact) mass is 399 g/mol. The van der Waals surface area contributed by atoms with Crippen LogP contribution in [0, 0.1) is 0 Å². The molecule has 0 fully saturated rings. The van der Waals surface area contributed by atoms with Crippen molar-refractivity contribution < 1.29 is 0 Å². The maximum Gasteiger partial charge on any atom is 0.0702 e. The first-order valence-corrected chi connectivity index (χ1v) is 11.9. The standard InChI is InChI=1S/C29H37N/c1-3-5-6-7-8-10-27-19-22-29(30-23-27)28-20-17-26(18-21-28)16-15-25-13-11-24(9-4-2)12-14-25/h11-14,17-23H,3-10,15-16H2,1-2H3. The van der Waals surface area contributed by atoms with Crippen LogP contribution in [-0.2, 0) is 25.7 Å². The molecule has 0 spiro atoms. The van der Waals surface area contributed by atoms with Gasteiger partial charge in [-0.1, -0.05) is 101 Å². The number of hydrogen-bond donors (Lipinski definition) is 0. The molecule has 0 aliphatic heterocycles. The summed E-state index contributed by atoms with van der Waals surface area (Å²) in [5.74, 6) is 0. The van der Waals surface area contributed by atoms with Crippen LogP contribution in [0.2, 0.25) is 0 Å². The summed E-state index contributed by atoms with van der Waals surface area (Å²) in [6.07, 6.45) is 14.4. The number of nitrogens with zero attached hydrogens (tertiary/aromatic N) is 1. The van der Waals surface area contributed by atoms with E-state index < -0.39 is 0 Å². The van der Waals surface area contributed by atoms with Crippen molar-refractivity contribution in [2.75, 3.05) is 0 Å². The van der Waals surface area contributed by atoms with E-state index in [1.807, 2.05) is 0 Å². The van der Waals surface area contributed by atoms with Crippen molar-refractivity contribution in [3.8, 4) is 11.3 Å². The summed E-state index contributed by atoms with van der Waals surface area (Å²) in [7, 11) is 0. The Hall–Kier alpha value is -2.41. The SMILES string of the molecule is CCCCCCCc1ccc(-c2ccc(CCc3ccc(CCC)cc3)cc2)nc1. The van der Waals surface area contributed by atoms with Gasteiger partial charge >= 0.3 is 0 Å². The molecule has 2 aromatic carbocycles. The lowest BCUT2D eigenvalue weighted by atomic mass is 10.0. The Labute approximate surface area is 183 Å². The first kappa shape index (κ1) is 22.3. The van der Waals surface area contributed by atoms with Crippen LogP contribution in [0.5, 0.6) is 0 Å². The third kappa shape index (κ3) is 7.13. The Morgan fingerprint density at radius 1 is 0.500 bits per heavy atom. The molecule has 1 nitrogen and oxygen atoms in total. The van der Waals surface area contributed by atoms with Crippen LogP contribution in [0.25, 0.3) is 11.3 Å². The van der Waals surface area contributed by atoms with Gasteiger partial charge in [0.05, 0.1) is 5.69 Å². The van der Waals surface area contributed by atoms with Crippen molar-refractivity contribution >= 4 is 0 Å². The van der Waals surface area contributed by atoms with Crippen LogP contribution in [0.3, 0.4) is 0 Å². The summed E-state index contributed by atoms with van der Waals surface area (Å²) in [6, 6.07) is 22.5. The van der Waals surface area contributed by atoms with E-state index in [1.165, 1.54) is 72.8 Å². The Bertz CT molecular complexity index is 844.